The summed E-state index contributed by atoms with van der Waals surface area (Å²) in [5, 5.41) is 4.98. The number of hydrogen-bond donors (Lipinski definition) is 3. The Bertz CT molecular complexity index is 1270. The van der Waals surface area contributed by atoms with Gasteiger partial charge in [0.2, 0.25) is 5.91 Å². The van der Waals surface area contributed by atoms with Crippen LogP contribution in [0.5, 0.6) is 0 Å². The first-order valence-electron chi connectivity index (χ1n) is 10.1. The van der Waals surface area contributed by atoms with Gasteiger partial charge in [-0.05, 0) is 43.0 Å². The molecule has 3 N–H and O–H groups in total. The molecule has 0 fully saturated rings. The van der Waals surface area contributed by atoms with E-state index in [0.29, 0.717) is 23.1 Å². The van der Waals surface area contributed by atoms with Crippen LogP contribution in [-0.2, 0) is 17.6 Å². The molecule has 2 aromatic heterocycles. The Hall–Kier alpha value is -3.41. The zero-order chi connectivity index (χ0) is 19.8. The number of fused-ring (bicyclic) bond motifs is 4. The summed E-state index contributed by atoms with van der Waals surface area (Å²) in [4.78, 5) is 35.6. The Morgan fingerprint density at radius 2 is 1.86 bits per heavy atom. The molecule has 4 aromatic rings. The van der Waals surface area contributed by atoms with Crippen molar-refractivity contribution in [2.45, 2.75) is 38.1 Å². The Morgan fingerprint density at radius 3 is 2.76 bits per heavy atom. The fourth-order valence-electron chi connectivity index (χ4n) is 4.31. The number of hydrogen-bond acceptors (Lipinski definition) is 3. The smallest absolute Gasteiger partial charge is 0.258 e. The van der Waals surface area contributed by atoms with E-state index in [1.165, 1.54) is 10.9 Å². The number of benzene rings is 2. The minimum absolute atomic E-state index is 0.00209. The molecule has 5 rings (SSSR count). The lowest BCUT2D eigenvalue weighted by molar-refractivity contribution is -0.122. The maximum atomic E-state index is 12.6. The normalized spacial score (nSPS) is 16.1. The SMILES string of the molecule is O=C(CCc1nc2ccccc2c(=O)[nH]1)N[C@@H]1CCCc2c1[nH]c1ccccc21. The van der Waals surface area contributed by atoms with Gasteiger partial charge in [-0.2, -0.15) is 0 Å². The van der Waals surface area contributed by atoms with Crippen LogP contribution in [0.3, 0.4) is 0 Å². The topological polar surface area (TPSA) is 90.6 Å². The molecule has 29 heavy (non-hydrogen) atoms. The van der Waals surface area contributed by atoms with Crippen LogP contribution < -0.4 is 10.9 Å². The molecule has 0 saturated carbocycles. The highest BCUT2D eigenvalue weighted by Crippen LogP contribution is 2.34. The predicted molar refractivity (Wildman–Crippen MR) is 113 cm³/mol. The number of aromatic amines is 2. The number of nitrogens with zero attached hydrogens (tertiary/aromatic N) is 1. The van der Waals surface area contributed by atoms with Crippen LogP contribution in [0.15, 0.2) is 53.3 Å². The van der Waals surface area contributed by atoms with Crippen molar-refractivity contribution < 1.29 is 4.79 Å². The summed E-state index contributed by atoms with van der Waals surface area (Å²) in [5.41, 5.74) is 4.06. The first kappa shape index (κ1) is 17.7. The van der Waals surface area contributed by atoms with Crippen molar-refractivity contribution in [1.29, 1.82) is 0 Å². The lowest BCUT2D eigenvalue weighted by atomic mass is 9.91. The van der Waals surface area contributed by atoms with Crippen molar-refractivity contribution in [3.8, 4) is 0 Å². The van der Waals surface area contributed by atoms with Gasteiger partial charge in [0.1, 0.15) is 5.82 Å². The van der Waals surface area contributed by atoms with Crippen LogP contribution in [0, 0.1) is 0 Å². The van der Waals surface area contributed by atoms with Crippen LogP contribution >= 0.6 is 0 Å². The number of carbonyl (C=O) groups is 1. The summed E-state index contributed by atoms with van der Waals surface area (Å²) in [7, 11) is 0. The highest BCUT2D eigenvalue weighted by molar-refractivity contribution is 5.85. The first-order chi connectivity index (χ1) is 14.2. The van der Waals surface area contributed by atoms with Crippen molar-refractivity contribution in [2.24, 2.45) is 0 Å². The van der Waals surface area contributed by atoms with Crippen molar-refractivity contribution in [1.82, 2.24) is 20.3 Å². The van der Waals surface area contributed by atoms with E-state index in [4.69, 9.17) is 0 Å². The second-order valence-electron chi connectivity index (χ2n) is 7.60. The minimum atomic E-state index is -0.166. The molecular weight excluding hydrogens is 364 g/mol. The summed E-state index contributed by atoms with van der Waals surface area (Å²) in [6, 6.07) is 15.5. The van der Waals surface area contributed by atoms with E-state index in [-0.39, 0.29) is 23.9 Å². The molecule has 0 unspecified atom stereocenters. The van der Waals surface area contributed by atoms with Gasteiger partial charge in [0.15, 0.2) is 0 Å². The van der Waals surface area contributed by atoms with Gasteiger partial charge >= 0.3 is 0 Å². The Morgan fingerprint density at radius 1 is 1.07 bits per heavy atom. The molecule has 0 saturated heterocycles. The molecule has 1 aliphatic rings. The lowest BCUT2D eigenvalue weighted by Gasteiger charge is -2.23. The van der Waals surface area contributed by atoms with Crippen LogP contribution in [0.1, 0.15) is 42.4 Å². The van der Waals surface area contributed by atoms with E-state index >= 15 is 0 Å². The molecular formula is C23H22N4O2. The second-order valence-corrected chi connectivity index (χ2v) is 7.60. The number of para-hydroxylation sites is 2. The Balaban J connectivity index is 1.30. The maximum absolute atomic E-state index is 12.6. The summed E-state index contributed by atoms with van der Waals surface area (Å²) in [5.74, 6) is 0.510. The van der Waals surface area contributed by atoms with Crippen LogP contribution in [0.2, 0.25) is 0 Å². The van der Waals surface area contributed by atoms with E-state index in [1.54, 1.807) is 6.07 Å². The second kappa shape index (κ2) is 7.20. The monoisotopic (exact) mass is 386 g/mol. The van der Waals surface area contributed by atoms with Crippen molar-refractivity contribution in [2.75, 3.05) is 0 Å². The highest BCUT2D eigenvalue weighted by atomic mass is 16.1. The molecule has 2 aromatic carbocycles. The zero-order valence-electron chi connectivity index (χ0n) is 16.0. The molecule has 6 heteroatoms. The average molecular weight is 386 g/mol. The Kier molecular flexibility index (Phi) is 4.39. The number of rotatable bonds is 4. The van der Waals surface area contributed by atoms with Gasteiger partial charge in [-0.25, -0.2) is 4.98 Å². The van der Waals surface area contributed by atoms with Crippen molar-refractivity contribution in [3.63, 3.8) is 0 Å². The quantitative estimate of drug-likeness (QED) is 0.501. The van der Waals surface area contributed by atoms with E-state index in [1.807, 2.05) is 24.3 Å². The third-order valence-corrected chi connectivity index (χ3v) is 5.70. The third-order valence-electron chi connectivity index (χ3n) is 5.70. The van der Waals surface area contributed by atoms with Gasteiger partial charge in [-0.1, -0.05) is 30.3 Å². The highest BCUT2D eigenvalue weighted by Gasteiger charge is 2.25. The summed E-state index contributed by atoms with van der Waals surface area (Å²) in [6.07, 6.45) is 3.70. The van der Waals surface area contributed by atoms with Gasteiger partial charge in [-0.3, -0.25) is 9.59 Å². The Labute approximate surface area is 167 Å². The first-order valence-corrected chi connectivity index (χ1v) is 10.1. The molecule has 0 radical (unpaired) electrons. The van der Waals surface area contributed by atoms with Gasteiger partial charge in [0.05, 0.1) is 16.9 Å². The fraction of sp³-hybridized carbons (Fsp3) is 0.261. The van der Waals surface area contributed by atoms with Crippen molar-refractivity contribution >= 4 is 27.7 Å². The number of amides is 1. The maximum Gasteiger partial charge on any atom is 0.258 e. The average Bonchev–Trinajstić information content (AvgIpc) is 3.12. The fourth-order valence-corrected chi connectivity index (χ4v) is 4.31. The van der Waals surface area contributed by atoms with Gasteiger partial charge in [-0.15, -0.1) is 0 Å². The lowest BCUT2D eigenvalue weighted by Crippen LogP contribution is -2.31. The molecule has 0 bridgehead atoms. The van der Waals surface area contributed by atoms with E-state index in [0.717, 1.165) is 30.5 Å². The molecule has 1 amide bonds. The molecule has 1 aliphatic carbocycles. The van der Waals surface area contributed by atoms with Crippen LogP contribution in [0.25, 0.3) is 21.8 Å². The number of carbonyl (C=O) groups excluding carboxylic acids is 1. The van der Waals surface area contributed by atoms with E-state index in [2.05, 4.69) is 38.5 Å². The minimum Gasteiger partial charge on any atom is -0.356 e. The summed E-state index contributed by atoms with van der Waals surface area (Å²) < 4.78 is 0. The molecule has 0 aliphatic heterocycles. The third kappa shape index (κ3) is 3.31. The number of aryl methyl sites for hydroxylation is 2. The predicted octanol–water partition coefficient (Wildman–Crippen LogP) is 3.53. The largest absolute Gasteiger partial charge is 0.356 e. The number of aromatic nitrogens is 3. The summed E-state index contributed by atoms with van der Waals surface area (Å²) in [6.45, 7) is 0. The molecule has 6 nitrogen and oxygen atoms in total. The van der Waals surface area contributed by atoms with Gasteiger partial charge < -0.3 is 15.3 Å². The molecule has 2 heterocycles. The molecule has 146 valence electrons. The zero-order valence-corrected chi connectivity index (χ0v) is 16.0. The molecule has 1 atom stereocenters. The van der Waals surface area contributed by atoms with E-state index < -0.39 is 0 Å². The van der Waals surface area contributed by atoms with Crippen LogP contribution in [0.4, 0.5) is 0 Å². The van der Waals surface area contributed by atoms with Crippen LogP contribution in [-0.4, -0.2) is 20.9 Å². The van der Waals surface area contributed by atoms with Crippen molar-refractivity contribution in [3.05, 3.63) is 76.0 Å². The number of nitrogens with one attached hydrogen (secondary N) is 3. The molecule has 0 spiro atoms. The van der Waals surface area contributed by atoms with Gasteiger partial charge in [0, 0.05) is 29.4 Å². The standard InChI is InChI=1S/C23H22N4O2/c28-21(13-12-20-24-18-10-4-2-7-16(18)23(29)27-20)25-19-11-5-8-15-14-6-1-3-9-17(14)26-22(15)19/h1-4,6-7,9-10,19,26H,5,8,11-13H2,(H,25,28)(H,24,27,29)/t19-/m1/s1. The summed E-state index contributed by atoms with van der Waals surface area (Å²) >= 11 is 0. The van der Waals surface area contributed by atoms with Gasteiger partial charge in [0.25, 0.3) is 5.56 Å². The van der Waals surface area contributed by atoms with E-state index in [9.17, 15) is 9.59 Å². The number of H-pyrrole nitrogens is 2.